The maximum atomic E-state index is 13.6. The van der Waals surface area contributed by atoms with Crippen molar-refractivity contribution in [2.75, 3.05) is 6.61 Å². The number of aliphatic hydroxyl groups is 3. The lowest BCUT2D eigenvalue weighted by Crippen LogP contribution is -2.57. The molecule has 3 heterocycles. The Kier molecular flexibility index (Phi) is 6.79. The third kappa shape index (κ3) is 4.52. The van der Waals surface area contributed by atoms with Gasteiger partial charge >= 0.3 is 0 Å². The van der Waals surface area contributed by atoms with Crippen molar-refractivity contribution in [2.45, 2.75) is 34.7 Å². The Morgan fingerprint density at radius 1 is 1.12 bits per heavy atom. The molecule has 0 spiro atoms. The van der Waals surface area contributed by atoms with Gasteiger partial charge in [-0.2, -0.15) is 0 Å². The van der Waals surface area contributed by atoms with Crippen LogP contribution in [0.3, 0.4) is 0 Å². The van der Waals surface area contributed by atoms with Crippen LogP contribution in [0.25, 0.3) is 11.3 Å². The Balaban J connectivity index is 1.68. The van der Waals surface area contributed by atoms with Gasteiger partial charge < -0.3 is 20.1 Å². The fourth-order valence-corrected chi connectivity index (χ4v) is 5.02. The number of aliphatic hydroxyl groups excluding tert-OH is 3. The number of benzene rings is 1. The minimum atomic E-state index is -2.02. The van der Waals surface area contributed by atoms with Crippen molar-refractivity contribution in [3.63, 3.8) is 0 Å². The summed E-state index contributed by atoms with van der Waals surface area (Å²) < 4.78 is 60.0. The average molecular weight is 505 g/mol. The Morgan fingerprint density at radius 3 is 2.45 bits per heavy atom. The third-order valence-electron chi connectivity index (χ3n) is 5.07. The van der Waals surface area contributed by atoms with E-state index in [0.29, 0.717) is 12.1 Å². The fraction of sp³-hybridized carbons (Fsp3) is 0.316. The van der Waals surface area contributed by atoms with Gasteiger partial charge in [0.15, 0.2) is 22.9 Å². The lowest BCUT2D eigenvalue weighted by Gasteiger charge is -2.41. The second-order valence-corrected chi connectivity index (χ2v) is 9.14. The highest BCUT2D eigenvalue weighted by molar-refractivity contribution is 7.85. The summed E-state index contributed by atoms with van der Waals surface area (Å²) in [5.41, 5.74) is -1.65. The van der Waals surface area contributed by atoms with Crippen LogP contribution < -0.4 is 0 Å². The van der Waals surface area contributed by atoms with E-state index >= 15 is 0 Å². The molecule has 1 aliphatic rings. The van der Waals surface area contributed by atoms with Crippen molar-refractivity contribution in [1.82, 2.24) is 20.0 Å². The van der Waals surface area contributed by atoms with Gasteiger partial charge in [0, 0.05) is 18.0 Å². The van der Waals surface area contributed by atoms with E-state index in [1.165, 1.54) is 18.5 Å². The van der Waals surface area contributed by atoms with E-state index in [4.69, 9.17) is 16.3 Å². The first-order valence-electron chi connectivity index (χ1n) is 9.41. The highest BCUT2D eigenvalue weighted by Gasteiger charge is 2.48. The van der Waals surface area contributed by atoms with E-state index in [1.54, 1.807) is 0 Å². The Labute approximate surface area is 191 Å². The van der Waals surface area contributed by atoms with Gasteiger partial charge in [-0.15, -0.1) is 5.10 Å². The highest BCUT2D eigenvalue weighted by atomic mass is 35.5. The molecule has 33 heavy (non-hydrogen) atoms. The first kappa shape index (κ1) is 23.7. The zero-order chi connectivity index (χ0) is 23.9. The molecule has 0 radical (unpaired) electrons. The number of hydrogen-bond acceptors (Lipinski definition) is 8. The van der Waals surface area contributed by atoms with Crippen molar-refractivity contribution < 1.29 is 37.4 Å². The molecule has 0 saturated carbocycles. The average Bonchev–Trinajstić information content (AvgIpc) is 3.27. The van der Waals surface area contributed by atoms with Crippen LogP contribution in [-0.4, -0.2) is 69.9 Å². The molecule has 6 atom stereocenters. The second-order valence-electron chi connectivity index (χ2n) is 7.17. The molecule has 1 saturated heterocycles. The van der Waals surface area contributed by atoms with Gasteiger partial charge in [0.05, 0.1) is 33.5 Å². The Bertz CT molecular complexity index is 1180. The molecule has 3 unspecified atom stereocenters. The molecular formula is C19H16ClF3N4O5S. The summed E-state index contributed by atoms with van der Waals surface area (Å²) >= 11 is 5.88. The van der Waals surface area contributed by atoms with Crippen molar-refractivity contribution in [3.05, 3.63) is 59.3 Å². The van der Waals surface area contributed by atoms with Crippen LogP contribution in [0.2, 0.25) is 5.02 Å². The zero-order valence-corrected chi connectivity index (χ0v) is 18.0. The molecule has 0 aliphatic carbocycles. The molecule has 14 heteroatoms. The van der Waals surface area contributed by atoms with Crippen LogP contribution in [0.5, 0.6) is 0 Å². The quantitative estimate of drug-likeness (QED) is 0.442. The number of rotatable bonds is 5. The van der Waals surface area contributed by atoms with Crippen LogP contribution in [-0.2, 0) is 15.5 Å². The number of nitrogens with zero attached hydrogens (tertiary/aromatic N) is 4. The van der Waals surface area contributed by atoms with E-state index in [1.807, 2.05) is 0 Å². The number of halogens is 4. The van der Waals surface area contributed by atoms with Crippen molar-refractivity contribution >= 4 is 22.4 Å². The van der Waals surface area contributed by atoms with E-state index in [0.717, 1.165) is 10.9 Å². The predicted octanol–water partition coefficient (Wildman–Crippen LogP) is 1.20. The molecule has 0 bridgehead atoms. The lowest BCUT2D eigenvalue weighted by molar-refractivity contribution is -0.179. The molecule has 4 rings (SSSR count). The number of hydrogen-bond donors (Lipinski definition) is 3. The summed E-state index contributed by atoms with van der Waals surface area (Å²) in [6, 6.07) is 1.47. The largest absolute Gasteiger partial charge is 0.394 e. The molecule has 1 fully saturated rings. The monoisotopic (exact) mass is 504 g/mol. The number of aromatic nitrogens is 4. The van der Waals surface area contributed by atoms with Gasteiger partial charge in [-0.25, -0.2) is 17.9 Å². The summed E-state index contributed by atoms with van der Waals surface area (Å²) in [6.45, 7) is -0.679. The first-order valence-corrected chi connectivity index (χ1v) is 11.0. The molecule has 1 aliphatic heterocycles. The van der Waals surface area contributed by atoms with Crippen LogP contribution in [0.15, 0.2) is 41.7 Å². The topological polar surface area (TPSA) is 131 Å². The van der Waals surface area contributed by atoms with Gasteiger partial charge in [-0.3, -0.25) is 9.19 Å². The molecule has 176 valence electrons. The number of ether oxygens (including phenoxy) is 1. The highest BCUT2D eigenvalue weighted by Crippen LogP contribution is 2.34. The maximum Gasteiger partial charge on any atom is 0.194 e. The molecule has 3 N–H and O–H groups in total. The minimum Gasteiger partial charge on any atom is -0.394 e. The van der Waals surface area contributed by atoms with E-state index < -0.39 is 64.6 Å². The summed E-state index contributed by atoms with van der Waals surface area (Å²) in [7, 11) is -2.02. The van der Waals surface area contributed by atoms with E-state index in [9.17, 15) is 32.7 Å². The Hall–Kier alpha value is -2.42. The standard InChI is InChI=1S/C19H16ClF3N4O5S/c20-9-3-10(5-24-4-9)33(31)19-18(30)16(17(29)14(7-28)32-19)27-6-13(25-26-27)8-1-11(21)15(23)12(22)2-8/h1-6,14,16-19,28-30H,7H2/t14?,16?,17-,18-,19-,33?/m0/s1. The Morgan fingerprint density at radius 2 is 1.82 bits per heavy atom. The van der Waals surface area contributed by atoms with Crippen molar-refractivity contribution in [2.24, 2.45) is 0 Å². The molecule has 2 aromatic heterocycles. The lowest BCUT2D eigenvalue weighted by atomic mass is 9.97. The first-order chi connectivity index (χ1) is 15.7. The van der Waals surface area contributed by atoms with Crippen LogP contribution in [0.1, 0.15) is 6.04 Å². The maximum absolute atomic E-state index is 13.6. The van der Waals surface area contributed by atoms with Crippen molar-refractivity contribution in [1.29, 1.82) is 0 Å². The summed E-state index contributed by atoms with van der Waals surface area (Å²) in [4.78, 5) is 3.97. The van der Waals surface area contributed by atoms with Crippen molar-refractivity contribution in [3.8, 4) is 11.3 Å². The molecule has 9 nitrogen and oxygen atoms in total. The summed E-state index contributed by atoms with van der Waals surface area (Å²) in [6.07, 6.45) is -0.665. The van der Waals surface area contributed by atoms with Gasteiger partial charge in [0.1, 0.15) is 30.0 Å². The summed E-state index contributed by atoms with van der Waals surface area (Å²) in [5.74, 6) is -4.51. The smallest absolute Gasteiger partial charge is 0.194 e. The molecule has 0 amide bonds. The fourth-order valence-electron chi connectivity index (χ4n) is 3.45. The van der Waals surface area contributed by atoms with Gasteiger partial charge in [0.25, 0.3) is 0 Å². The minimum absolute atomic E-state index is 0.0871. The predicted molar refractivity (Wildman–Crippen MR) is 108 cm³/mol. The summed E-state index contributed by atoms with van der Waals surface area (Å²) in [5, 5.41) is 38.9. The van der Waals surface area contributed by atoms with Crippen LogP contribution >= 0.6 is 11.6 Å². The van der Waals surface area contributed by atoms with Crippen LogP contribution in [0.4, 0.5) is 13.2 Å². The second kappa shape index (κ2) is 9.44. The normalized spacial score (nSPS) is 26.3. The van der Waals surface area contributed by atoms with E-state index in [-0.39, 0.29) is 21.2 Å². The van der Waals surface area contributed by atoms with Gasteiger partial charge in [0.2, 0.25) is 0 Å². The van der Waals surface area contributed by atoms with Crippen LogP contribution in [0, 0.1) is 17.5 Å². The van der Waals surface area contributed by atoms with Gasteiger partial charge in [-0.05, 0) is 18.2 Å². The molecular weight excluding hydrogens is 489 g/mol. The van der Waals surface area contributed by atoms with Gasteiger partial charge in [-0.1, -0.05) is 16.8 Å². The molecule has 3 aromatic rings. The third-order valence-corrected chi connectivity index (χ3v) is 6.77. The molecule has 1 aromatic carbocycles. The zero-order valence-electron chi connectivity index (χ0n) is 16.4. The SMILES string of the molecule is O=S(c1cncc(Cl)c1)[C@@H]1OC(CO)[C@H](O)C(n2cc(-c3cc(F)c(F)c(F)c3)nn2)[C@@H]1O. The number of pyridine rings is 1. The van der Waals surface area contributed by atoms with E-state index in [2.05, 4.69) is 15.3 Å².